The van der Waals surface area contributed by atoms with E-state index in [0.29, 0.717) is 6.42 Å². The molecule has 0 aromatic heterocycles. The second kappa shape index (κ2) is 6.32. The van der Waals surface area contributed by atoms with Gasteiger partial charge in [0.1, 0.15) is 11.0 Å². The van der Waals surface area contributed by atoms with E-state index < -0.39 is 35.3 Å². The largest absolute Gasteiger partial charge is 0.457 e. The van der Waals surface area contributed by atoms with Gasteiger partial charge in [0.2, 0.25) is 0 Å². The summed E-state index contributed by atoms with van der Waals surface area (Å²) in [6, 6.07) is 0. The number of carbonyl (C=O) groups excluding carboxylic acids is 2. The molecule has 0 N–H and O–H groups in total. The molecule has 0 radical (unpaired) electrons. The maximum Gasteiger partial charge on any atom is 0.344 e. The zero-order chi connectivity index (χ0) is 16.3. The molecular weight excluding hydrogens is 276 g/mol. The van der Waals surface area contributed by atoms with E-state index in [4.69, 9.17) is 18.9 Å². The van der Waals surface area contributed by atoms with Crippen molar-refractivity contribution in [1.82, 2.24) is 0 Å². The van der Waals surface area contributed by atoms with Crippen LogP contribution >= 0.6 is 0 Å². The quantitative estimate of drug-likeness (QED) is 0.740. The highest BCUT2D eigenvalue weighted by Gasteiger charge is 2.46. The van der Waals surface area contributed by atoms with Crippen molar-refractivity contribution in [2.45, 2.75) is 59.4 Å². The van der Waals surface area contributed by atoms with Gasteiger partial charge in [-0.15, -0.1) is 0 Å². The van der Waals surface area contributed by atoms with Crippen molar-refractivity contribution in [2.24, 2.45) is 5.41 Å². The number of hydrogen-bond donors (Lipinski definition) is 0. The monoisotopic (exact) mass is 302 g/mol. The Kier molecular flexibility index (Phi) is 5.39. The van der Waals surface area contributed by atoms with Crippen LogP contribution in [-0.2, 0) is 28.5 Å². The average Bonchev–Trinajstić information content (AvgIpc) is 2.34. The van der Waals surface area contributed by atoms with Crippen LogP contribution in [0, 0.1) is 5.41 Å². The van der Waals surface area contributed by atoms with Crippen molar-refractivity contribution in [3.05, 3.63) is 0 Å². The predicted molar refractivity (Wildman–Crippen MR) is 75.5 cm³/mol. The number of esters is 2. The molecule has 6 heteroatoms. The zero-order valence-corrected chi connectivity index (χ0v) is 13.8. The van der Waals surface area contributed by atoms with Crippen molar-refractivity contribution in [3.8, 4) is 0 Å². The van der Waals surface area contributed by atoms with E-state index in [1.807, 2.05) is 6.92 Å². The highest BCUT2D eigenvalue weighted by Crippen LogP contribution is 2.33. The lowest BCUT2D eigenvalue weighted by Crippen LogP contribution is -2.51. The summed E-state index contributed by atoms with van der Waals surface area (Å²) in [6.45, 7) is 10.7. The minimum absolute atomic E-state index is 0.212. The minimum Gasteiger partial charge on any atom is -0.457 e. The van der Waals surface area contributed by atoms with Crippen LogP contribution in [0.4, 0.5) is 0 Å². The molecule has 1 rings (SSSR count). The summed E-state index contributed by atoms with van der Waals surface area (Å²) in [5.74, 6) is -1.77. The summed E-state index contributed by atoms with van der Waals surface area (Å²) in [6.07, 6.45) is 0.510. The van der Waals surface area contributed by atoms with Gasteiger partial charge in [-0.1, -0.05) is 6.92 Å². The third kappa shape index (κ3) is 5.28. The maximum atomic E-state index is 12.2. The van der Waals surface area contributed by atoms with Gasteiger partial charge in [-0.25, -0.2) is 4.79 Å². The lowest BCUT2D eigenvalue weighted by atomic mass is 9.86. The van der Waals surface area contributed by atoms with E-state index >= 15 is 0 Å². The van der Waals surface area contributed by atoms with Crippen LogP contribution in [0.25, 0.3) is 0 Å². The lowest BCUT2D eigenvalue weighted by molar-refractivity contribution is -0.285. The van der Waals surface area contributed by atoms with E-state index in [0.717, 1.165) is 0 Å². The fourth-order valence-corrected chi connectivity index (χ4v) is 1.82. The standard InChI is InChI=1S/C15H26O6/c1-7-15(9-19-14(5,6)20-10-15)12(17)18-8-11(16)21-13(2,3)4/h7-10H2,1-6H3. The van der Waals surface area contributed by atoms with Crippen LogP contribution in [0.2, 0.25) is 0 Å². The first-order valence-electron chi connectivity index (χ1n) is 7.17. The summed E-state index contributed by atoms with van der Waals surface area (Å²) >= 11 is 0. The fraction of sp³-hybridized carbons (Fsp3) is 0.867. The van der Waals surface area contributed by atoms with E-state index in [2.05, 4.69) is 0 Å². The van der Waals surface area contributed by atoms with Gasteiger partial charge in [-0.05, 0) is 41.0 Å². The van der Waals surface area contributed by atoms with Gasteiger partial charge >= 0.3 is 11.9 Å². The Morgan fingerprint density at radius 2 is 1.67 bits per heavy atom. The summed E-state index contributed by atoms with van der Waals surface area (Å²) < 4.78 is 21.3. The summed E-state index contributed by atoms with van der Waals surface area (Å²) in [4.78, 5) is 23.8. The molecule has 0 aromatic carbocycles. The van der Waals surface area contributed by atoms with Gasteiger partial charge in [0, 0.05) is 0 Å². The highest BCUT2D eigenvalue weighted by molar-refractivity contribution is 5.80. The summed E-state index contributed by atoms with van der Waals surface area (Å²) in [7, 11) is 0. The molecule has 0 bridgehead atoms. The molecule has 0 amide bonds. The Hall–Kier alpha value is -1.14. The van der Waals surface area contributed by atoms with E-state index in [1.165, 1.54) is 0 Å². The Morgan fingerprint density at radius 1 is 1.14 bits per heavy atom. The molecule has 1 aliphatic rings. The van der Waals surface area contributed by atoms with E-state index in [-0.39, 0.29) is 13.2 Å². The number of ether oxygens (including phenoxy) is 4. The second-order valence-electron chi connectivity index (χ2n) is 6.77. The van der Waals surface area contributed by atoms with Crippen molar-refractivity contribution < 1.29 is 28.5 Å². The van der Waals surface area contributed by atoms with Gasteiger partial charge in [0.05, 0.1) is 13.2 Å². The Labute approximate surface area is 126 Å². The third-order valence-corrected chi connectivity index (χ3v) is 3.24. The molecule has 1 saturated heterocycles. The van der Waals surface area contributed by atoms with Gasteiger partial charge in [-0.2, -0.15) is 0 Å². The molecule has 0 atom stereocenters. The Bertz CT molecular complexity index is 383. The second-order valence-corrected chi connectivity index (χ2v) is 6.77. The molecule has 1 aliphatic heterocycles. The first kappa shape index (κ1) is 17.9. The van der Waals surface area contributed by atoms with Crippen molar-refractivity contribution in [3.63, 3.8) is 0 Å². The average molecular weight is 302 g/mol. The normalized spacial score (nSPS) is 20.7. The third-order valence-electron chi connectivity index (χ3n) is 3.24. The topological polar surface area (TPSA) is 71.1 Å². The molecular formula is C15H26O6. The van der Waals surface area contributed by atoms with Crippen LogP contribution in [0.1, 0.15) is 48.0 Å². The van der Waals surface area contributed by atoms with Crippen molar-refractivity contribution >= 4 is 11.9 Å². The fourth-order valence-electron chi connectivity index (χ4n) is 1.82. The number of carbonyl (C=O) groups is 2. The number of rotatable bonds is 4. The molecule has 21 heavy (non-hydrogen) atoms. The Balaban J connectivity index is 2.55. The van der Waals surface area contributed by atoms with Crippen LogP contribution in [-0.4, -0.2) is 43.1 Å². The molecule has 0 unspecified atom stereocenters. The maximum absolute atomic E-state index is 12.2. The summed E-state index contributed by atoms with van der Waals surface area (Å²) in [5, 5.41) is 0. The molecule has 0 aliphatic carbocycles. The first-order valence-corrected chi connectivity index (χ1v) is 7.17. The van der Waals surface area contributed by atoms with Gasteiger partial charge in [-0.3, -0.25) is 4.79 Å². The van der Waals surface area contributed by atoms with Crippen molar-refractivity contribution in [2.75, 3.05) is 19.8 Å². The van der Waals surface area contributed by atoms with Crippen molar-refractivity contribution in [1.29, 1.82) is 0 Å². The van der Waals surface area contributed by atoms with Gasteiger partial charge in [0.15, 0.2) is 12.4 Å². The minimum atomic E-state index is -0.864. The smallest absolute Gasteiger partial charge is 0.344 e. The highest BCUT2D eigenvalue weighted by atomic mass is 16.7. The molecule has 1 fully saturated rings. The van der Waals surface area contributed by atoms with E-state index in [1.54, 1.807) is 34.6 Å². The number of hydrogen-bond acceptors (Lipinski definition) is 6. The molecule has 122 valence electrons. The molecule has 0 saturated carbocycles. The zero-order valence-electron chi connectivity index (χ0n) is 13.8. The van der Waals surface area contributed by atoms with Gasteiger partial charge < -0.3 is 18.9 Å². The SMILES string of the molecule is CCC1(C(=O)OCC(=O)OC(C)(C)C)COC(C)(C)OC1. The lowest BCUT2D eigenvalue weighted by Gasteiger charge is -2.41. The van der Waals surface area contributed by atoms with Crippen LogP contribution in [0.5, 0.6) is 0 Å². The molecule has 1 heterocycles. The van der Waals surface area contributed by atoms with Crippen LogP contribution in [0.15, 0.2) is 0 Å². The van der Waals surface area contributed by atoms with Crippen LogP contribution < -0.4 is 0 Å². The first-order chi connectivity index (χ1) is 9.50. The van der Waals surface area contributed by atoms with Crippen LogP contribution in [0.3, 0.4) is 0 Å². The summed E-state index contributed by atoms with van der Waals surface area (Å²) in [5.41, 5.74) is -1.47. The molecule has 0 aromatic rings. The van der Waals surface area contributed by atoms with E-state index in [9.17, 15) is 9.59 Å². The molecule has 6 nitrogen and oxygen atoms in total. The predicted octanol–water partition coefficient (Wildman–Crippen LogP) is 2.05. The molecule has 0 spiro atoms. The Morgan fingerprint density at radius 3 is 2.10 bits per heavy atom. The van der Waals surface area contributed by atoms with Gasteiger partial charge in [0.25, 0.3) is 0 Å².